The van der Waals surface area contributed by atoms with Gasteiger partial charge in [0, 0.05) is 37.3 Å². The lowest BCUT2D eigenvalue weighted by molar-refractivity contribution is 0.135. The van der Waals surface area contributed by atoms with E-state index in [0.29, 0.717) is 24.8 Å². The minimum Gasteiger partial charge on any atom is -0.489 e. The summed E-state index contributed by atoms with van der Waals surface area (Å²) in [5, 5.41) is 9.81. The van der Waals surface area contributed by atoms with E-state index >= 15 is 0 Å². The molecule has 4 nitrogen and oxygen atoms in total. The molecule has 1 aromatic carbocycles. The minimum atomic E-state index is 0.139. The first-order valence-corrected chi connectivity index (χ1v) is 7.04. The van der Waals surface area contributed by atoms with Gasteiger partial charge in [-0.25, -0.2) is 0 Å². The Morgan fingerprint density at radius 3 is 3.00 bits per heavy atom. The molecule has 0 unspecified atom stereocenters. The predicted molar refractivity (Wildman–Crippen MR) is 80.3 cm³/mol. The fraction of sp³-hybridized carbons (Fsp3) is 0.467. The maximum absolute atomic E-state index is 9.11. The van der Waals surface area contributed by atoms with Gasteiger partial charge in [0.1, 0.15) is 12.4 Å². The Balaban J connectivity index is 2.05. The Labute approximate surface area is 124 Å². The Bertz CT molecular complexity index is 476. The van der Waals surface area contributed by atoms with Crippen molar-refractivity contribution in [3.8, 4) is 5.75 Å². The SMILES string of the molecule is COCCN(CCO)CC1=Cc2cc(Cl)ccc2OC1. The number of ether oxygens (including phenoxy) is 2. The molecule has 0 aliphatic carbocycles. The standard InChI is InChI=1S/C15H20ClNO3/c1-19-7-5-17(4-6-18)10-12-8-13-9-14(16)2-3-15(13)20-11-12/h2-3,8-9,18H,4-7,10-11H2,1H3. The summed E-state index contributed by atoms with van der Waals surface area (Å²) in [5.41, 5.74) is 2.18. The summed E-state index contributed by atoms with van der Waals surface area (Å²) in [6, 6.07) is 5.62. The van der Waals surface area contributed by atoms with Crippen molar-refractivity contribution in [1.29, 1.82) is 0 Å². The lowest BCUT2D eigenvalue weighted by Gasteiger charge is -2.25. The molecule has 1 aliphatic rings. The zero-order valence-corrected chi connectivity index (χ0v) is 12.4. The summed E-state index contributed by atoms with van der Waals surface area (Å²) in [6.07, 6.45) is 2.11. The average molecular weight is 298 g/mol. The van der Waals surface area contributed by atoms with Gasteiger partial charge in [0.25, 0.3) is 0 Å². The Hall–Kier alpha value is -1.07. The van der Waals surface area contributed by atoms with E-state index in [1.165, 1.54) is 5.57 Å². The molecule has 20 heavy (non-hydrogen) atoms. The Morgan fingerprint density at radius 1 is 1.40 bits per heavy atom. The van der Waals surface area contributed by atoms with Crippen LogP contribution in [-0.2, 0) is 4.74 Å². The highest BCUT2D eigenvalue weighted by Crippen LogP contribution is 2.29. The highest BCUT2D eigenvalue weighted by Gasteiger charge is 2.14. The summed E-state index contributed by atoms with van der Waals surface area (Å²) in [7, 11) is 1.68. The van der Waals surface area contributed by atoms with Crippen LogP contribution in [0, 0.1) is 0 Å². The number of halogens is 1. The number of hydrogen-bond donors (Lipinski definition) is 1. The average Bonchev–Trinajstić information content (AvgIpc) is 2.44. The Morgan fingerprint density at radius 2 is 2.25 bits per heavy atom. The lowest BCUT2D eigenvalue weighted by atomic mass is 10.1. The first-order valence-electron chi connectivity index (χ1n) is 6.67. The number of methoxy groups -OCH3 is 1. The third kappa shape index (κ3) is 4.21. The van der Waals surface area contributed by atoms with Crippen molar-refractivity contribution >= 4 is 17.7 Å². The molecule has 0 atom stereocenters. The highest BCUT2D eigenvalue weighted by atomic mass is 35.5. The summed E-state index contributed by atoms with van der Waals surface area (Å²) in [5.74, 6) is 0.865. The van der Waals surface area contributed by atoms with Crippen LogP contribution in [0.3, 0.4) is 0 Å². The molecule has 0 radical (unpaired) electrons. The third-order valence-electron chi connectivity index (χ3n) is 3.20. The summed E-state index contributed by atoms with van der Waals surface area (Å²) in [4.78, 5) is 2.15. The minimum absolute atomic E-state index is 0.139. The highest BCUT2D eigenvalue weighted by molar-refractivity contribution is 6.30. The Kier molecular flexibility index (Phi) is 5.86. The number of fused-ring (bicyclic) bond motifs is 1. The van der Waals surface area contributed by atoms with E-state index in [1.54, 1.807) is 7.11 Å². The van der Waals surface area contributed by atoms with Crippen LogP contribution in [0.25, 0.3) is 6.08 Å². The first-order chi connectivity index (χ1) is 9.72. The van der Waals surface area contributed by atoms with Crippen molar-refractivity contribution in [2.45, 2.75) is 0 Å². The number of hydrogen-bond acceptors (Lipinski definition) is 4. The van der Waals surface area contributed by atoms with Crippen LogP contribution in [0.4, 0.5) is 0 Å². The molecular weight excluding hydrogens is 278 g/mol. The zero-order chi connectivity index (χ0) is 14.4. The number of rotatable bonds is 7. The number of aliphatic hydroxyl groups excluding tert-OH is 1. The van der Waals surface area contributed by atoms with Gasteiger partial charge in [0.05, 0.1) is 13.2 Å². The van der Waals surface area contributed by atoms with Crippen LogP contribution in [0.15, 0.2) is 23.8 Å². The van der Waals surface area contributed by atoms with Gasteiger partial charge in [-0.1, -0.05) is 11.6 Å². The molecule has 0 aromatic heterocycles. The van der Waals surface area contributed by atoms with Crippen molar-refractivity contribution < 1.29 is 14.6 Å². The molecule has 0 saturated heterocycles. The van der Waals surface area contributed by atoms with Crippen molar-refractivity contribution in [1.82, 2.24) is 4.90 Å². The molecule has 1 aliphatic heterocycles. The monoisotopic (exact) mass is 297 g/mol. The van der Waals surface area contributed by atoms with E-state index in [2.05, 4.69) is 11.0 Å². The fourth-order valence-electron chi connectivity index (χ4n) is 2.21. The van der Waals surface area contributed by atoms with Crippen LogP contribution in [-0.4, -0.2) is 56.6 Å². The van der Waals surface area contributed by atoms with E-state index in [4.69, 9.17) is 26.2 Å². The van der Waals surface area contributed by atoms with Crippen LogP contribution in [0.5, 0.6) is 5.75 Å². The lowest BCUT2D eigenvalue weighted by Crippen LogP contribution is -2.33. The van der Waals surface area contributed by atoms with E-state index in [0.717, 1.165) is 24.4 Å². The summed E-state index contributed by atoms with van der Waals surface area (Å²) >= 11 is 6.00. The van der Waals surface area contributed by atoms with Gasteiger partial charge in [0.15, 0.2) is 0 Å². The second kappa shape index (κ2) is 7.64. The predicted octanol–water partition coefficient (Wildman–Crippen LogP) is 2.06. The topological polar surface area (TPSA) is 41.9 Å². The van der Waals surface area contributed by atoms with Crippen molar-refractivity contribution in [2.75, 3.05) is 46.6 Å². The van der Waals surface area contributed by atoms with Gasteiger partial charge >= 0.3 is 0 Å². The quantitative estimate of drug-likeness (QED) is 0.836. The molecule has 1 N–H and O–H groups in total. The molecule has 0 fully saturated rings. The molecule has 5 heteroatoms. The van der Waals surface area contributed by atoms with Crippen molar-refractivity contribution in [2.24, 2.45) is 0 Å². The maximum Gasteiger partial charge on any atom is 0.127 e. The van der Waals surface area contributed by atoms with Crippen LogP contribution < -0.4 is 4.74 Å². The number of benzene rings is 1. The molecule has 0 amide bonds. The zero-order valence-electron chi connectivity index (χ0n) is 11.6. The third-order valence-corrected chi connectivity index (χ3v) is 3.43. The fourth-order valence-corrected chi connectivity index (χ4v) is 2.39. The molecular formula is C15H20ClNO3. The van der Waals surface area contributed by atoms with Crippen LogP contribution in [0.1, 0.15) is 5.56 Å². The van der Waals surface area contributed by atoms with E-state index in [-0.39, 0.29) is 6.61 Å². The van der Waals surface area contributed by atoms with Gasteiger partial charge in [0.2, 0.25) is 0 Å². The largest absolute Gasteiger partial charge is 0.489 e. The van der Waals surface area contributed by atoms with Gasteiger partial charge in [-0.05, 0) is 29.8 Å². The molecule has 0 bridgehead atoms. The van der Waals surface area contributed by atoms with Gasteiger partial charge in [-0.2, -0.15) is 0 Å². The second-order valence-electron chi connectivity index (χ2n) is 4.77. The smallest absolute Gasteiger partial charge is 0.127 e. The summed E-state index contributed by atoms with van der Waals surface area (Å²) < 4.78 is 10.8. The van der Waals surface area contributed by atoms with Crippen LogP contribution >= 0.6 is 11.6 Å². The van der Waals surface area contributed by atoms with Gasteiger partial charge in [-0.15, -0.1) is 0 Å². The molecule has 1 aromatic rings. The first kappa shape index (κ1) is 15.3. The van der Waals surface area contributed by atoms with Crippen molar-refractivity contribution in [3.63, 3.8) is 0 Å². The molecule has 0 spiro atoms. The second-order valence-corrected chi connectivity index (χ2v) is 5.20. The molecule has 0 saturated carbocycles. The maximum atomic E-state index is 9.11. The molecule has 110 valence electrons. The van der Waals surface area contributed by atoms with Crippen LogP contribution in [0.2, 0.25) is 5.02 Å². The van der Waals surface area contributed by atoms with E-state index in [9.17, 15) is 0 Å². The van der Waals surface area contributed by atoms with Gasteiger partial charge < -0.3 is 14.6 Å². The van der Waals surface area contributed by atoms with Crippen molar-refractivity contribution in [3.05, 3.63) is 34.4 Å². The molecule has 2 rings (SSSR count). The normalized spacial score (nSPS) is 13.9. The van der Waals surface area contributed by atoms with E-state index in [1.807, 2.05) is 18.2 Å². The van der Waals surface area contributed by atoms with Gasteiger partial charge in [-0.3, -0.25) is 4.90 Å². The van der Waals surface area contributed by atoms with E-state index < -0.39 is 0 Å². The molecule has 1 heterocycles. The number of nitrogens with zero attached hydrogens (tertiary/aromatic N) is 1. The summed E-state index contributed by atoms with van der Waals surface area (Å²) in [6.45, 7) is 3.54. The number of aliphatic hydroxyl groups is 1.